The molecule has 1 heterocycles. The van der Waals surface area contributed by atoms with Crippen LogP contribution in [-0.4, -0.2) is 35.2 Å². The Labute approximate surface area is 142 Å². The molecule has 6 nitrogen and oxygen atoms in total. The summed E-state index contributed by atoms with van der Waals surface area (Å²) < 4.78 is 11.5. The zero-order valence-electron chi connectivity index (χ0n) is 14.6. The fraction of sp³-hybridized carbons (Fsp3) is 0.389. The second-order valence-electron chi connectivity index (χ2n) is 5.29. The predicted octanol–water partition coefficient (Wildman–Crippen LogP) is 3.10. The van der Waals surface area contributed by atoms with E-state index < -0.39 is 17.9 Å². The van der Waals surface area contributed by atoms with Crippen LogP contribution in [0.5, 0.6) is 0 Å². The number of allylic oxidation sites excluding steroid dienone is 5. The maximum Gasteiger partial charge on any atom is 0.356 e. The molecule has 0 saturated carbocycles. The van der Waals surface area contributed by atoms with Gasteiger partial charge in [-0.3, -0.25) is 4.79 Å². The van der Waals surface area contributed by atoms with Crippen molar-refractivity contribution in [1.82, 2.24) is 9.55 Å². The fourth-order valence-corrected chi connectivity index (χ4v) is 2.14. The zero-order valence-corrected chi connectivity index (χ0v) is 14.6. The summed E-state index contributed by atoms with van der Waals surface area (Å²) in [6, 6.07) is -0.123. The lowest BCUT2D eigenvalue weighted by atomic mass is 10.1. The number of methoxy groups -OCH3 is 1. The summed E-state index contributed by atoms with van der Waals surface area (Å²) in [5.41, 5.74) is 1.29. The average Bonchev–Trinajstić information content (AvgIpc) is 3.07. The van der Waals surface area contributed by atoms with Gasteiger partial charge >= 0.3 is 11.9 Å². The van der Waals surface area contributed by atoms with Gasteiger partial charge in [0, 0.05) is 0 Å². The molecular formula is C18H24N2O4. The monoisotopic (exact) mass is 332 g/mol. The number of hydrogen-bond acceptors (Lipinski definition) is 5. The first-order valence-corrected chi connectivity index (χ1v) is 7.68. The average molecular weight is 332 g/mol. The molecule has 0 bridgehead atoms. The van der Waals surface area contributed by atoms with Crippen LogP contribution in [0, 0.1) is 5.92 Å². The van der Waals surface area contributed by atoms with Gasteiger partial charge in [-0.2, -0.15) is 0 Å². The summed E-state index contributed by atoms with van der Waals surface area (Å²) in [5, 5.41) is 0. The Morgan fingerprint density at radius 3 is 2.71 bits per heavy atom. The van der Waals surface area contributed by atoms with Crippen molar-refractivity contribution < 1.29 is 19.1 Å². The van der Waals surface area contributed by atoms with Gasteiger partial charge in [0.25, 0.3) is 0 Å². The summed E-state index contributed by atoms with van der Waals surface area (Å²) in [5.74, 6) is -1.48. The number of rotatable bonds is 8. The number of nitrogens with zero attached hydrogens (tertiary/aromatic N) is 2. The Kier molecular flexibility index (Phi) is 7.68. The minimum atomic E-state index is -0.534. The maximum absolute atomic E-state index is 12.3. The minimum absolute atomic E-state index is 0.0463. The van der Waals surface area contributed by atoms with Crippen molar-refractivity contribution in [3.05, 3.63) is 54.7 Å². The third-order valence-electron chi connectivity index (χ3n) is 3.51. The zero-order chi connectivity index (χ0) is 18.1. The van der Waals surface area contributed by atoms with Crippen LogP contribution in [0.15, 0.2) is 49.0 Å². The molecule has 0 aliphatic heterocycles. The molecule has 0 radical (unpaired) electrons. The van der Waals surface area contributed by atoms with Gasteiger partial charge in [-0.25, -0.2) is 9.78 Å². The first-order chi connectivity index (χ1) is 11.5. The van der Waals surface area contributed by atoms with Crippen LogP contribution in [-0.2, 0) is 14.3 Å². The standard InChI is InChI=1S/C18H24N2O4/c1-6-8-15(9-7-2)14(4)20-12-19-10-16(20)18(22)24-11-13(3)17(21)23-5/h6-10,12-14H,1,11H2,2-5H3/b9-7-,15-8+/t13-,14+/m0/s1. The van der Waals surface area contributed by atoms with E-state index in [4.69, 9.17) is 4.74 Å². The van der Waals surface area contributed by atoms with Crippen molar-refractivity contribution >= 4 is 11.9 Å². The van der Waals surface area contributed by atoms with E-state index in [1.165, 1.54) is 13.3 Å². The van der Waals surface area contributed by atoms with Crippen LogP contribution in [0.1, 0.15) is 37.3 Å². The van der Waals surface area contributed by atoms with E-state index in [2.05, 4.69) is 16.3 Å². The molecule has 1 aromatic rings. The van der Waals surface area contributed by atoms with Gasteiger partial charge in [0.05, 0.1) is 31.6 Å². The van der Waals surface area contributed by atoms with Crippen molar-refractivity contribution in [2.24, 2.45) is 5.92 Å². The highest BCUT2D eigenvalue weighted by molar-refractivity contribution is 5.87. The molecule has 1 aromatic heterocycles. The summed E-state index contributed by atoms with van der Waals surface area (Å²) in [6.07, 6.45) is 10.5. The summed E-state index contributed by atoms with van der Waals surface area (Å²) in [7, 11) is 1.30. The number of aromatic nitrogens is 2. The van der Waals surface area contributed by atoms with E-state index in [1.54, 1.807) is 23.9 Å². The smallest absolute Gasteiger partial charge is 0.356 e. The lowest BCUT2D eigenvalue weighted by Crippen LogP contribution is -2.22. The Morgan fingerprint density at radius 1 is 1.42 bits per heavy atom. The van der Waals surface area contributed by atoms with E-state index in [0.29, 0.717) is 5.69 Å². The third kappa shape index (κ3) is 4.94. The molecule has 130 valence electrons. The number of ether oxygens (including phenoxy) is 2. The van der Waals surface area contributed by atoms with Crippen molar-refractivity contribution in [3.8, 4) is 0 Å². The van der Waals surface area contributed by atoms with Gasteiger partial charge < -0.3 is 14.0 Å². The van der Waals surface area contributed by atoms with Gasteiger partial charge in [-0.15, -0.1) is 0 Å². The first-order valence-electron chi connectivity index (χ1n) is 7.68. The summed E-state index contributed by atoms with van der Waals surface area (Å²) in [4.78, 5) is 27.7. The van der Waals surface area contributed by atoms with Crippen molar-refractivity contribution in [3.63, 3.8) is 0 Å². The molecule has 1 rings (SSSR count). The van der Waals surface area contributed by atoms with E-state index in [-0.39, 0.29) is 12.6 Å². The predicted molar refractivity (Wildman–Crippen MR) is 91.5 cm³/mol. The van der Waals surface area contributed by atoms with Gasteiger partial charge in [0.1, 0.15) is 12.3 Å². The second kappa shape index (κ2) is 9.50. The number of hydrogen-bond donors (Lipinski definition) is 0. The molecule has 0 spiro atoms. The van der Waals surface area contributed by atoms with E-state index >= 15 is 0 Å². The lowest BCUT2D eigenvalue weighted by Gasteiger charge is -2.17. The van der Waals surface area contributed by atoms with Crippen LogP contribution >= 0.6 is 0 Å². The number of carbonyl (C=O) groups excluding carboxylic acids is 2. The van der Waals surface area contributed by atoms with E-state index in [1.807, 2.05) is 32.1 Å². The normalized spacial score (nSPS) is 14.2. The molecular weight excluding hydrogens is 308 g/mol. The molecule has 0 N–H and O–H groups in total. The van der Waals surface area contributed by atoms with Crippen LogP contribution in [0.25, 0.3) is 0 Å². The van der Waals surface area contributed by atoms with Crippen molar-refractivity contribution in [2.75, 3.05) is 13.7 Å². The Balaban J connectivity index is 2.91. The molecule has 0 aliphatic rings. The molecule has 6 heteroatoms. The van der Waals surface area contributed by atoms with Gasteiger partial charge in [0.2, 0.25) is 0 Å². The first kappa shape index (κ1) is 19.4. The van der Waals surface area contributed by atoms with E-state index in [9.17, 15) is 9.59 Å². The van der Waals surface area contributed by atoms with Gasteiger partial charge in [0.15, 0.2) is 0 Å². The quantitative estimate of drug-likeness (QED) is 0.540. The van der Waals surface area contributed by atoms with Crippen LogP contribution in [0.3, 0.4) is 0 Å². The lowest BCUT2D eigenvalue weighted by molar-refractivity contribution is -0.146. The molecule has 0 fully saturated rings. The molecule has 0 saturated heterocycles. The number of carbonyl (C=O) groups is 2. The molecule has 0 aliphatic carbocycles. The molecule has 0 unspecified atom stereocenters. The maximum atomic E-state index is 12.3. The topological polar surface area (TPSA) is 70.4 Å². The van der Waals surface area contributed by atoms with Crippen LogP contribution < -0.4 is 0 Å². The van der Waals surface area contributed by atoms with Crippen molar-refractivity contribution in [2.45, 2.75) is 26.8 Å². The summed E-state index contributed by atoms with van der Waals surface area (Å²) >= 11 is 0. The molecule has 24 heavy (non-hydrogen) atoms. The third-order valence-corrected chi connectivity index (χ3v) is 3.51. The number of imidazole rings is 1. The van der Waals surface area contributed by atoms with Crippen LogP contribution in [0.4, 0.5) is 0 Å². The Morgan fingerprint density at radius 2 is 2.12 bits per heavy atom. The second-order valence-corrected chi connectivity index (χ2v) is 5.29. The Bertz CT molecular complexity index is 643. The fourth-order valence-electron chi connectivity index (χ4n) is 2.14. The highest BCUT2D eigenvalue weighted by atomic mass is 16.5. The van der Waals surface area contributed by atoms with Crippen LogP contribution in [0.2, 0.25) is 0 Å². The van der Waals surface area contributed by atoms with Gasteiger partial charge in [-0.1, -0.05) is 30.9 Å². The SMILES string of the molecule is C=C/C=C(\C=C/C)[C@@H](C)n1cncc1C(=O)OC[C@H](C)C(=O)OC. The molecule has 2 atom stereocenters. The minimum Gasteiger partial charge on any atom is -0.469 e. The van der Waals surface area contributed by atoms with E-state index in [0.717, 1.165) is 5.57 Å². The Hall–Kier alpha value is -2.63. The molecule has 0 aromatic carbocycles. The number of esters is 2. The van der Waals surface area contributed by atoms with Crippen molar-refractivity contribution in [1.29, 1.82) is 0 Å². The highest BCUT2D eigenvalue weighted by Gasteiger charge is 2.21. The summed E-state index contributed by atoms with van der Waals surface area (Å²) in [6.45, 7) is 9.16. The largest absolute Gasteiger partial charge is 0.469 e. The molecule has 0 amide bonds. The van der Waals surface area contributed by atoms with Gasteiger partial charge in [-0.05, 0) is 26.3 Å². The highest BCUT2D eigenvalue weighted by Crippen LogP contribution is 2.21.